The summed E-state index contributed by atoms with van der Waals surface area (Å²) in [7, 11) is 0. The van der Waals surface area contributed by atoms with E-state index in [2.05, 4.69) is 31.5 Å². The fourth-order valence-corrected chi connectivity index (χ4v) is 4.74. The highest BCUT2D eigenvalue weighted by Gasteiger charge is 2.33. The van der Waals surface area contributed by atoms with Gasteiger partial charge in [0.2, 0.25) is 5.91 Å². The van der Waals surface area contributed by atoms with Crippen LogP contribution in [0.3, 0.4) is 0 Å². The third-order valence-electron chi connectivity index (χ3n) is 4.51. The Morgan fingerprint density at radius 2 is 2.09 bits per heavy atom. The van der Waals surface area contributed by atoms with Crippen LogP contribution in [-0.4, -0.2) is 48.4 Å². The molecule has 4 N–H and O–H groups in total. The number of primary amides is 1. The Labute approximate surface area is 147 Å². The average molecular weight is 401 g/mol. The third-order valence-corrected chi connectivity index (χ3v) is 6.17. The summed E-state index contributed by atoms with van der Waals surface area (Å²) in [4.78, 5) is 26.8. The van der Waals surface area contributed by atoms with Gasteiger partial charge in [0.25, 0.3) is 5.91 Å². The molecule has 6 nitrogen and oxygen atoms in total. The second kappa shape index (κ2) is 7.29. The van der Waals surface area contributed by atoms with Gasteiger partial charge in [0.1, 0.15) is 4.88 Å². The first-order valence-corrected chi connectivity index (χ1v) is 9.53. The highest BCUT2D eigenvalue weighted by molar-refractivity contribution is 9.11. The molecule has 1 aromatic heterocycles. The summed E-state index contributed by atoms with van der Waals surface area (Å²) in [6.07, 6.45) is 4.61. The fourth-order valence-electron chi connectivity index (χ4n) is 3.34. The summed E-state index contributed by atoms with van der Waals surface area (Å²) in [6, 6.07) is 1.93. The van der Waals surface area contributed by atoms with Crippen LogP contribution in [0.15, 0.2) is 9.85 Å². The normalized spacial score (nSPS) is 25.4. The van der Waals surface area contributed by atoms with E-state index in [9.17, 15) is 9.59 Å². The second-order valence-corrected chi connectivity index (χ2v) is 8.53. The van der Waals surface area contributed by atoms with Crippen LogP contribution < -0.4 is 16.4 Å². The van der Waals surface area contributed by atoms with Crippen molar-refractivity contribution < 1.29 is 9.59 Å². The van der Waals surface area contributed by atoms with Crippen molar-refractivity contribution in [3.63, 3.8) is 0 Å². The molecule has 1 unspecified atom stereocenters. The molecule has 1 aromatic rings. The number of hydrogen-bond donors (Lipinski definition) is 3. The van der Waals surface area contributed by atoms with Crippen LogP contribution in [0.5, 0.6) is 0 Å². The van der Waals surface area contributed by atoms with Crippen LogP contribution in [-0.2, 0) is 4.79 Å². The van der Waals surface area contributed by atoms with Gasteiger partial charge in [-0.15, -0.1) is 11.3 Å². The van der Waals surface area contributed by atoms with E-state index < -0.39 is 5.91 Å². The maximum atomic E-state index is 12.5. The molecular weight excluding hydrogens is 380 g/mol. The van der Waals surface area contributed by atoms with Crippen molar-refractivity contribution in [1.82, 2.24) is 10.2 Å². The Hall–Kier alpha value is -0.960. The molecule has 3 rings (SSSR count). The van der Waals surface area contributed by atoms with Crippen molar-refractivity contribution in [2.45, 2.75) is 37.8 Å². The molecular formula is C15H21BrN4O2S. The summed E-state index contributed by atoms with van der Waals surface area (Å²) >= 11 is 4.55. The predicted octanol–water partition coefficient (Wildman–Crippen LogP) is 1.76. The van der Waals surface area contributed by atoms with Crippen LogP contribution in [0.4, 0.5) is 5.69 Å². The Kier molecular flexibility index (Phi) is 5.35. The van der Waals surface area contributed by atoms with Crippen LogP contribution in [0.2, 0.25) is 0 Å². The average Bonchev–Trinajstić information content (AvgIpc) is 3.15. The van der Waals surface area contributed by atoms with E-state index >= 15 is 0 Å². The number of nitrogens with two attached hydrogens (primary N) is 1. The van der Waals surface area contributed by atoms with Gasteiger partial charge >= 0.3 is 0 Å². The molecule has 126 valence electrons. The maximum Gasteiger partial charge on any atom is 0.260 e. The minimum Gasteiger partial charge on any atom is -0.365 e. The van der Waals surface area contributed by atoms with Gasteiger partial charge in [-0.25, -0.2) is 0 Å². The minimum atomic E-state index is -0.526. The molecule has 2 amide bonds. The van der Waals surface area contributed by atoms with Crippen molar-refractivity contribution in [3.05, 3.63) is 14.7 Å². The van der Waals surface area contributed by atoms with Gasteiger partial charge in [-0.05, 0) is 54.3 Å². The molecule has 0 radical (unpaired) electrons. The largest absolute Gasteiger partial charge is 0.365 e. The molecule has 2 fully saturated rings. The standard InChI is InChI=1S/C15H21BrN4O2S/c16-12-7-10(13(23-12)14(17)21)19-15(22)11-6-9(8-18-11)20-4-2-1-3-5-20/h7,9,11,18H,1-6,8H2,(H2,17,21)(H,19,22)/t9?,11-/m0/s1. The molecule has 0 aromatic carbocycles. The lowest BCUT2D eigenvalue weighted by Crippen LogP contribution is -2.40. The number of piperidine rings is 1. The smallest absolute Gasteiger partial charge is 0.260 e. The molecule has 2 aliphatic heterocycles. The zero-order valence-corrected chi connectivity index (χ0v) is 15.2. The summed E-state index contributed by atoms with van der Waals surface area (Å²) in [5.41, 5.74) is 5.84. The van der Waals surface area contributed by atoms with Gasteiger partial charge in [0.15, 0.2) is 0 Å². The monoisotopic (exact) mass is 400 g/mol. The number of thiophene rings is 1. The molecule has 0 saturated carbocycles. The second-order valence-electron chi connectivity index (χ2n) is 6.09. The molecule has 0 bridgehead atoms. The molecule has 8 heteroatoms. The predicted molar refractivity (Wildman–Crippen MR) is 94.8 cm³/mol. The summed E-state index contributed by atoms with van der Waals surface area (Å²) in [6.45, 7) is 3.10. The van der Waals surface area contributed by atoms with E-state index in [4.69, 9.17) is 5.73 Å². The zero-order valence-electron chi connectivity index (χ0n) is 12.8. The molecule has 0 spiro atoms. The van der Waals surface area contributed by atoms with Crippen molar-refractivity contribution in [2.75, 3.05) is 25.0 Å². The van der Waals surface area contributed by atoms with Gasteiger partial charge in [0, 0.05) is 12.6 Å². The van der Waals surface area contributed by atoms with Crippen LogP contribution in [0, 0.1) is 0 Å². The van der Waals surface area contributed by atoms with Gasteiger partial charge in [-0.3, -0.25) is 14.5 Å². The third kappa shape index (κ3) is 3.93. The van der Waals surface area contributed by atoms with Crippen LogP contribution >= 0.6 is 27.3 Å². The molecule has 0 aliphatic carbocycles. The Balaban J connectivity index is 1.60. The van der Waals surface area contributed by atoms with E-state index in [1.807, 2.05) is 0 Å². The molecule has 23 heavy (non-hydrogen) atoms. The van der Waals surface area contributed by atoms with Gasteiger partial charge < -0.3 is 16.4 Å². The lowest BCUT2D eigenvalue weighted by Gasteiger charge is -2.31. The number of carbonyl (C=O) groups excluding carboxylic acids is 2. The van der Waals surface area contributed by atoms with E-state index in [-0.39, 0.29) is 11.9 Å². The fraction of sp³-hybridized carbons (Fsp3) is 0.600. The van der Waals surface area contributed by atoms with Crippen LogP contribution in [0.1, 0.15) is 35.4 Å². The summed E-state index contributed by atoms with van der Waals surface area (Å²) in [5, 5.41) is 6.14. The molecule has 3 heterocycles. The van der Waals surface area contributed by atoms with Gasteiger partial charge in [0.05, 0.1) is 15.5 Å². The highest BCUT2D eigenvalue weighted by atomic mass is 79.9. The van der Waals surface area contributed by atoms with E-state index in [1.165, 1.54) is 30.6 Å². The van der Waals surface area contributed by atoms with Crippen LogP contribution in [0.25, 0.3) is 0 Å². The molecule has 2 aliphatic rings. The summed E-state index contributed by atoms with van der Waals surface area (Å²) < 4.78 is 0.771. The number of hydrogen-bond acceptors (Lipinski definition) is 5. The van der Waals surface area contributed by atoms with E-state index in [0.29, 0.717) is 16.6 Å². The number of halogens is 1. The lowest BCUT2D eigenvalue weighted by atomic mass is 10.1. The van der Waals surface area contributed by atoms with Crippen molar-refractivity contribution in [1.29, 1.82) is 0 Å². The van der Waals surface area contributed by atoms with Gasteiger partial charge in [-0.1, -0.05) is 6.42 Å². The lowest BCUT2D eigenvalue weighted by molar-refractivity contribution is -0.117. The Morgan fingerprint density at radius 3 is 2.78 bits per heavy atom. The first-order valence-electron chi connectivity index (χ1n) is 7.92. The van der Waals surface area contributed by atoms with Crippen molar-refractivity contribution >= 4 is 44.8 Å². The Bertz CT molecular complexity index is 600. The number of nitrogens with one attached hydrogen (secondary N) is 2. The Morgan fingerprint density at radius 1 is 1.35 bits per heavy atom. The van der Waals surface area contributed by atoms with E-state index in [0.717, 1.165) is 29.8 Å². The maximum absolute atomic E-state index is 12.5. The minimum absolute atomic E-state index is 0.0997. The number of nitrogens with zero attached hydrogens (tertiary/aromatic N) is 1. The topological polar surface area (TPSA) is 87.5 Å². The highest BCUT2D eigenvalue weighted by Crippen LogP contribution is 2.31. The number of amides is 2. The quantitative estimate of drug-likeness (QED) is 0.718. The van der Waals surface area contributed by atoms with E-state index in [1.54, 1.807) is 6.07 Å². The zero-order chi connectivity index (χ0) is 16.4. The van der Waals surface area contributed by atoms with Crippen molar-refractivity contribution in [2.24, 2.45) is 5.73 Å². The first-order chi connectivity index (χ1) is 11.0. The number of likely N-dealkylation sites (tertiary alicyclic amines) is 1. The SMILES string of the molecule is NC(=O)c1sc(Br)cc1NC(=O)[C@@H]1CC(N2CCCCC2)CN1. The number of anilines is 1. The van der Waals surface area contributed by atoms with Gasteiger partial charge in [-0.2, -0.15) is 0 Å². The number of rotatable bonds is 4. The number of carbonyl (C=O) groups is 2. The molecule has 2 saturated heterocycles. The molecule has 2 atom stereocenters. The first kappa shape index (κ1) is 16.9. The van der Waals surface area contributed by atoms with Crippen molar-refractivity contribution in [3.8, 4) is 0 Å². The summed E-state index contributed by atoms with van der Waals surface area (Å²) in [5.74, 6) is -0.626.